The van der Waals surface area contributed by atoms with Crippen molar-refractivity contribution in [2.45, 2.75) is 40.0 Å². The maximum atomic E-state index is 10.5. The molecular formula is C10H19N3O. The smallest absolute Gasteiger partial charge is 0.332 e. The maximum Gasteiger partial charge on any atom is 0.332 e. The molecule has 0 aromatic rings. The Morgan fingerprint density at radius 1 is 1.64 bits per heavy atom. The van der Waals surface area contributed by atoms with Crippen molar-refractivity contribution in [3.63, 3.8) is 0 Å². The van der Waals surface area contributed by atoms with Crippen LogP contribution in [0.5, 0.6) is 0 Å². The van der Waals surface area contributed by atoms with E-state index in [9.17, 15) is 4.79 Å². The van der Waals surface area contributed by atoms with E-state index in [1.54, 1.807) is 0 Å². The number of nitrogens with one attached hydrogen (secondary N) is 1. The van der Waals surface area contributed by atoms with E-state index in [1.165, 1.54) is 6.42 Å². The van der Waals surface area contributed by atoms with E-state index in [-0.39, 0.29) is 5.41 Å². The van der Waals surface area contributed by atoms with E-state index in [0.717, 1.165) is 18.6 Å². The summed E-state index contributed by atoms with van der Waals surface area (Å²) in [5.41, 5.74) is 8.59. The SMILES string of the molecule is CC1CC(=NNC(N)=O)CC(C)(C)C1. The van der Waals surface area contributed by atoms with Gasteiger partial charge in [-0.2, -0.15) is 5.10 Å². The molecule has 0 aromatic heterocycles. The number of hydrogen-bond donors (Lipinski definition) is 2. The van der Waals surface area contributed by atoms with Crippen molar-refractivity contribution < 1.29 is 4.79 Å². The number of hydrogen-bond acceptors (Lipinski definition) is 2. The first kappa shape index (κ1) is 11.0. The Morgan fingerprint density at radius 3 is 2.79 bits per heavy atom. The molecule has 80 valence electrons. The van der Waals surface area contributed by atoms with Crippen LogP contribution in [0, 0.1) is 11.3 Å². The maximum absolute atomic E-state index is 10.5. The Morgan fingerprint density at radius 2 is 2.29 bits per heavy atom. The molecule has 0 heterocycles. The quantitative estimate of drug-likeness (QED) is 0.619. The zero-order valence-electron chi connectivity index (χ0n) is 9.13. The van der Waals surface area contributed by atoms with Gasteiger partial charge in [-0.05, 0) is 30.6 Å². The predicted molar refractivity (Wildman–Crippen MR) is 57.0 cm³/mol. The lowest BCUT2D eigenvalue weighted by atomic mass is 9.72. The molecule has 4 nitrogen and oxygen atoms in total. The molecule has 1 unspecified atom stereocenters. The highest BCUT2D eigenvalue weighted by atomic mass is 16.2. The number of carbonyl (C=O) groups is 1. The fourth-order valence-corrected chi connectivity index (χ4v) is 2.33. The summed E-state index contributed by atoms with van der Waals surface area (Å²) in [7, 11) is 0. The number of hydrazone groups is 1. The highest BCUT2D eigenvalue weighted by Crippen LogP contribution is 2.36. The van der Waals surface area contributed by atoms with Crippen molar-refractivity contribution in [3.8, 4) is 0 Å². The molecule has 4 heteroatoms. The number of primary amides is 1. The van der Waals surface area contributed by atoms with Crippen molar-refractivity contribution >= 4 is 11.7 Å². The van der Waals surface area contributed by atoms with Gasteiger partial charge in [0, 0.05) is 5.71 Å². The van der Waals surface area contributed by atoms with Gasteiger partial charge in [-0.25, -0.2) is 10.2 Å². The first-order valence-corrected chi connectivity index (χ1v) is 5.00. The predicted octanol–water partition coefficient (Wildman–Crippen LogP) is 1.86. The lowest BCUT2D eigenvalue weighted by Gasteiger charge is -2.34. The van der Waals surface area contributed by atoms with Crippen molar-refractivity contribution in [2.24, 2.45) is 22.2 Å². The van der Waals surface area contributed by atoms with Crippen molar-refractivity contribution in [1.29, 1.82) is 0 Å². The van der Waals surface area contributed by atoms with E-state index >= 15 is 0 Å². The van der Waals surface area contributed by atoms with Gasteiger partial charge in [-0.3, -0.25) is 0 Å². The summed E-state index contributed by atoms with van der Waals surface area (Å²) in [6, 6.07) is -0.589. The number of nitrogens with two attached hydrogens (primary N) is 1. The van der Waals surface area contributed by atoms with Gasteiger partial charge in [0.05, 0.1) is 0 Å². The summed E-state index contributed by atoms with van der Waals surface area (Å²) < 4.78 is 0. The van der Waals surface area contributed by atoms with E-state index in [4.69, 9.17) is 5.73 Å². The van der Waals surface area contributed by atoms with Gasteiger partial charge in [0.15, 0.2) is 0 Å². The van der Waals surface area contributed by atoms with Gasteiger partial charge in [-0.15, -0.1) is 0 Å². The summed E-state index contributed by atoms with van der Waals surface area (Å²) in [6.45, 7) is 6.66. The minimum atomic E-state index is -0.589. The largest absolute Gasteiger partial charge is 0.350 e. The molecule has 0 aromatic carbocycles. The number of amides is 2. The minimum Gasteiger partial charge on any atom is -0.350 e. The van der Waals surface area contributed by atoms with Crippen LogP contribution in [-0.2, 0) is 0 Å². The van der Waals surface area contributed by atoms with E-state index < -0.39 is 6.03 Å². The lowest BCUT2D eigenvalue weighted by Crippen LogP contribution is -2.31. The molecule has 0 saturated heterocycles. The van der Waals surface area contributed by atoms with Crippen LogP contribution in [0.2, 0.25) is 0 Å². The van der Waals surface area contributed by atoms with Gasteiger partial charge in [0.1, 0.15) is 0 Å². The van der Waals surface area contributed by atoms with Crippen LogP contribution in [0.25, 0.3) is 0 Å². The second-order valence-corrected chi connectivity index (χ2v) is 5.01. The monoisotopic (exact) mass is 197 g/mol. The molecule has 0 aliphatic heterocycles. The molecule has 2 amide bonds. The lowest BCUT2D eigenvalue weighted by molar-refractivity contribution is 0.247. The summed E-state index contributed by atoms with van der Waals surface area (Å²) in [4.78, 5) is 10.5. The average Bonchev–Trinajstić information content (AvgIpc) is 1.96. The molecule has 1 atom stereocenters. The third kappa shape index (κ3) is 3.36. The normalized spacial score (nSPS) is 28.8. The average molecular weight is 197 g/mol. The molecule has 0 radical (unpaired) electrons. The molecule has 3 N–H and O–H groups in total. The summed E-state index contributed by atoms with van der Waals surface area (Å²) in [5.74, 6) is 0.632. The first-order valence-electron chi connectivity index (χ1n) is 5.00. The number of carbonyl (C=O) groups excluding carboxylic acids is 1. The highest BCUT2D eigenvalue weighted by molar-refractivity contribution is 5.87. The van der Waals surface area contributed by atoms with Crippen LogP contribution in [0.4, 0.5) is 4.79 Å². The first-order chi connectivity index (χ1) is 6.39. The Kier molecular flexibility index (Phi) is 3.13. The van der Waals surface area contributed by atoms with Crippen LogP contribution in [0.15, 0.2) is 5.10 Å². The molecule has 1 aliphatic rings. The third-order valence-electron chi connectivity index (χ3n) is 2.49. The van der Waals surface area contributed by atoms with Crippen LogP contribution in [0.3, 0.4) is 0 Å². The summed E-state index contributed by atoms with van der Waals surface area (Å²) in [6.07, 6.45) is 3.12. The minimum absolute atomic E-state index is 0.288. The van der Waals surface area contributed by atoms with Crippen molar-refractivity contribution in [3.05, 3.63) is 0 Å². The molecule has 1 aliphatic carbocycles. The van der Waals surface area contributed by atoms with Gasteiger partial charge in [0.2, 0.25) is 0 Å². The molecule has 1 saturated carbocycles. The van der Waals surface area contributed by atoms with Gasteiger partial charge in [-0.1, -0.05) is 20.8 Å². The van der Waals surface area contributed by atoms with Crippen molar-refractivity contribution in [2.75, 3.05) is 0 Å². The standard InChI is InChI=1S/C10H19N3O/c1-7-4-8(12-13-9(11)14)6-10(2,3)5-7/h7H,4-6H2,1-3H3,(H3,11,13,14). The fourth-order valence-electron chi connectivity index (χ4n) is 2.33. The summed E-state index contributed by atoms with van der Waals surface area (Å²) in [5, 5.41) is 4.02. The Balaban J connectivity index is 2.62. The number of nitrogens with zero attached hydrogens (tertiary/aromatic N) is 1. The van der Waals surface area contributed by atoms with Crippen LogP contribution in [0.1, 0.15) is 40.0 Å². The van der Waals surface area contributed by atoms with E-state index in [1.807, 2.05) is 0 Å². The molecule has 1 rings (SSSR count). The molecular weight excluding hydrogens is 178 g/mol. The zero-order chi connectivity index (χ0) is 10.8. The second-order valence-electron chi connectivity index (χ2n) is 5.01. The fraction of sp³-hybridized carbons (Fsp3) is 0.800. The summed E-state index contributed by atoms with van der Waals surface area (Å²) >= 11 is 0. The van der Waals surface area contributed by atoms with E-state index in [2.05, 4.69) is 31.3 Å². The van der Waals surface area contributed by atoms with Gasteiger partial charge >= 0.3 is 6.03 Å². The van der Waals surface area contributed by atoms with Gasteiger partial charge in [0.25, 0.3) is 0 Å². The zero-order valence-corrected chi connectivity index (χ0v) is 9.13. The Labute approximate surface area is 84.9 Å². The Hall–Kier alpha value is -1.06. The molecule has 0 spiro atoms. The van der Waals surface area contributed by atoms with Gasteiger partial charge < -0.3 is 5.73 Å². The van der Waals surface area contributed by atoms with Crippen LogP contribution in [-0.4, -0.2) is 11.7 Å². The molecule has 1 fully saturated rings. The second kappa shape index (κ2) is 3.98. The third-order valence-corrected chi connectivity index (χ3v) is 2.49. The number of rotatable bonds is 1. The molecule has 14 heavy (non-hydrogen) atoms. The van der Waals surface area contributed by atoms with Crippen LogP contribution >= 0.6 is 0 Å². The Bertz CT molecular complexity index is 258. The van der Waals surface area contributed by atoms with Crippen molar-refractivity contribution in [1.82, 2.24) is 5.43 Å². The van der Waals surface area contributed by atoms with Crippen LogP contribution < -0.4 is 11.2 Å². The topological polar surface area (TPSA) is 67.5 Å². The molecule has 0 bridgehead atoms. The van der Waals surface area contributed by atoms with E-state index in [0.29, 0.717) is 5.92 Å². The highest BCUT2D eigenvalue weighted by Gasteiger charge is 2.29. The number of urea groups is 1.